The van der Waals surface area contributed by atoms with Crippen LogP contribution in [0.1, 0.15) is 18.4 Å². The van der Waals surface area contributed by atoms with Crippen molar-refractivity contribution >= 4 is 27.3 Å². The van der Waals surface area contributed by atoms with Gasteiger partial charge in [0, 0.05) is 30.9 Å². The largest absolute Gasteiger partial charge is 0.370 e. The molecular weight excluding hydrogens is 358 g/mol. The fraction of sp³-hybridized carbons (Fsp3) is 0.389. The number of hydrogen-bond acceptors (Lipinski definition) is 4. The van der Waals surface area contributed by atoms with Crippen molar-refractivity contribution in [2.75, 3.05) is 24.5 Å². The zero-order valence-corrected chi connectivity index (χ0v) is 15.7. The smallest absolute Gasteiger partial charge is 0.240 e. The number of nitrogens with zero attached hydrogens (tertiary/aromatic N) is 2. The lowest BCUT2D eigenvalue weighted by Gasteiger charge is -2.33. The van der Waals surface area contributed by atoms with Crippen LogP contribution in [0.4, 0.5) is 5.69 Å². The maximum absolute atomic E-state index is 12.5. The molecule has 1 N–H and O–H groups in total. The fourth-order valence-corrected chi connectivity index (χ4v) is 4.73. The minimum Gasteiger partial charge on any atom is -0.370 e. The molecule has 2 heterocycles. The van der Waals surface area contributed by atoms with Crippen molar-refractivity contribution in [1.29, 1.82) is 0 Å². The Morgan fingerprint density at radius 1 is 1.24 bits per heavy atom. The Labute approximate surface area is 154 Å². The van der Waals surface area contributed by atoms with E-state index in [4.69, 9.17) is 11.6 Å². The first-order chi connectivity index (χ1) is 12.0. The van der Waals surface area contributed by atoms with Crippen LogP contribution in [0, 0.1) is 12.8 Å². The van der Waals surface area contributed by atoms with E-state index in [0.717, 1.165) is 31.6 Å². The van der Waals surface area contributed by atoms with Gasteiger partial charge < -0.3 is 4.90 Å². The summed E-state index contributed by atoms with van der Waals surface area (Å²) in [6.45, 7) is 4.00. The fourth-order valence-electron chi connectivity index (χ4n) is 3.12. The van der Waals surface area contributed by atoms with Gasteiger partial charge in [-0.25, -0.2) is 13.1 Å². The maximum Gasteiger partial charge on any atom is 0.240 e. The van der Waals surface area contributed by atoms with Crippen LogP contribution in [0.15, 0.2) is 47.6 Å². The van der Waals surface area contributed by atoms with Crippen LogP contribution in [0.5, 0.6) is 0 Å². The number of hydrogen-bond donors (Lipinski definition) is 1. The van der Waals surface area contributed by atoms with Gasteiger partial charge >= 0.3 is 0 Å². The molecule has 1 saturated heterocycles. The number of anilines is 1. The predicted molar refractivity (Wildman–Crippen MR) is 101 cm³/mol. The summed E-state index contributed by atoms with van der Waals surface area (Å²) >= 11 is 6.04. The van der Waals surface area contributed by atoms with E-state index in [9.17, 15) is 8.42 Å². The molecule has 1 aromatic heterocycles. The molecule has 3 rings (SSSR count). The number of rotatable bonds is 5. The summed E-state index contributed by atoms with van der Waals surface area (Å²) in [5, 5.41) is 0.465. The van der Waals surface area contributed by atoms with Gasteiger partial charge in [-0.1, -0.05) is 17.7 Å². The third-order valence-corrected chi connectivity index (χ3v) is 6.67. The Kier molecular flexibility index (Phi) is 5.61. The lowest BCUT2D eigenvalue weighted by atomic mass is 9.97. The minimum atomic E-state index is -3.54. The molecule has 0 radical (unpaired) electrons. The van der Waals surface area contributed by atoms with E-state index in [1.807, 2.05) is 12.3 Å². The predicted octanol–water partition coefficient (Wildman–Crippen LogP) is 3.24. The van der Waals surface area contributed by atoms with E-state index in [-0.39, 0.29) is 4.90 Å². The van der Waals surface area contributed by atoms with E-state index >= 15 is 0 Å². The van der Waals surface area contributed by atoms with Crippen molar-refractivity contribution in [1.82, 2.24) is 9.71 Å². The quantitative estimate of drug-likeness (QED) is 0.866. The Morgan fingerprint density at radius 2 is 2.00 bits per heavy atom. The van der Waals surface area contributed by atoms with E-state index < -0.39 is 10.0 Å². The number of piperidine rings is 1. The van der Waals surface area contributed by atoms with Crippen LogP contribution in [-0.2, 0) is 10.0 Å². The van der Waals surface area contributed by atoms with Crippen LogP contribution in [0.3, 0.4) is 0 Å². The Bertz CT molecular complexity index is 819. The van der Waals surface area contributed by atoms with E-state index in [1.165, 1.54) is 0 Å². The second kappa shape index (κ2) is 7.72. The van der Waals surface area contributed by atoms with Gasteiger partial charge in [-0.15, -0.1) is 0 Å². The molecule has 1 aliphatic rings. The van der Waals surface area contributed by atoms with Crippen molar-refractivity contribution in [3.8, 4) is 0 Å². The summed E-state index contributed by atoms with van der Waals surface area (Å²) in [5.41, 5.74) is 1.71. The van der Waals surface area contributed by atoms with E-state index in [0.29, 0.717) is 23.0 Å². The molecule has 0 saturated carbocycles. The van der Waals surface area contributed by atoms with Gasteiger partial charge in [-0.3, -0.25) is 4.98 Å². The number of benzene rings is 1. The summed E-state index contributed by atoms with van der Waals surface area (Å²) in [5.74, 6) is 0.335. The first-order valence-corrected chi connectivity index (χ1v) is 10.2. The van der Waals surface area contributed by atoms with Gasteiger partial charge in [0.05, 0.1) is 16.8 Å². The van der Waals surface area contributed by atoms with Gasteiger partial charge in [-0.2, -0.15) is 0 Å². The number of aromatic nitrogens is 1. The Morgan fingerprint density at radius 3 is 2.68 bits per heavy atom. The molecule has 1 aliphatic heterocycles. The van der Waals surface area contributed by atoms with Gasteiger partial charge in [0.15, 0.2) is 0 Å². The Balaban J connectivity index is 1.57. The van der Waals surface area contributed by atoms with E-state index in [1.54, 1.807) is 31.3 Å². The number of nitrogens with one attached hydrogen (secondary N) is 1. The highest BCUT2D eigenvalue weighted by Crippen LogP contribution is 2.24. The third-order valence-electron chi connectivity index (χ3n) is 4.70. The van der Waals surface area contributed by atoms with Gasteiger partial charge in [0.25, 0.3) is 0 Å². The molecule has 0 bridgehead atoms. The number of sulfonamides is 1. The van der Waals surface area contributed by atoms with Gasteiger partial charge in [0.2, 0.25) is 10.0 Å². The zero-order valence-electron chi connectivity index (χ0n) is 14.2. The molecule has 7 heteroatoms. The zero-order chi connectivity index (χ0) is 17.9. The summed E-state index contributed by atoms with van der Waals surface area (Å²) in [7, 11) is -3.54. The average Bonchev–Trinajstić information content (AvgIpc) is 2.63. The highest BCUT2D eigenvalue weighted by Gasteiger charge is 2.23. The molecule has 0 atom stereocenters. The van der Waals surface area contributed by atoms with Crippen molar-refractivity contribution in [3.05, 3.63) is 53.3 Å². The van der Waals surface area contributed by atoms with Gasteiger partial charge in [-0.05, 0) is 55.5 Å². The SMILES string of the molecule is Cc1c(Cl)cccc1S(=O)(=O)NCC1CCN(c2cccnc2)CC1. The normalized spacial score (nSPS) is 16.2. The van der Waals surface area contributed by atoms with Crippen molar-refractivity contribution < 1.29 is 8.42 Å². The molecule has 0 spiro atoms. The topological polar surface area (TPSA) is 62.3 Å². The molecule has 1 fully saturated rings. The highest BCUT2D eigenvalue weighted by atomic mass is 35.5. The molecule has 0 amide bonds. The molecule has 0 aliphatic carbocycles. The molecule has 25 heavy (non-hydrogen) atoms. The molecular formula is C18H22ClN3O2S. The van der Waals surface area contributed by atoms with E-state index in [2.05, 4.69) is 20.7 Å². The number of halogens is 1. The first kappa shape index (κ1) is 18.2. The summed E-state index contributed by atoms with van der Waals surface area (Å²) in [4.78, 5) is 6.70. The van der Waals surface area contributed by atoms with Crippen LogP contribution in [0.2, 0.25) is 5.02 Å². The molecule has 2 aromatic rings. The van der Waals surface area contributed by atoms with Crippen molar-refractivity contribution in [2.24, 2.45) is 5.92 Å². The molecule has 5 nitrogen and oxygen atoms in total. The molecule has 1 aromatic carbocycles. The maximum atomic E-state index is 12.5. The second-order valence-electron chi connectivity index (χ2n) is 6.36. The minimum absolute atomic E-state index is 0.257. The van der Waals surface area contributed by atoms with Crippen molar-refractivity contribution in [2.45, 2.75) is 24.7 Å². The Hall–Kier alpha value is -1.63. The van der Waals surface area contributed by atoms with Gasteiger partial charge in [0.1, 0.15) is 0 Å². The first-order valence-electron chi connectivity index (χ1n) is 8.37. The van der Waals surface area contributed by atoms with Crippen LogP contribution >= 0.6 is 11.6 Å². The summed E-state index contributed by atoms with van der Waals surface area (Å²) < 4.78 is 27.8. The lowest BCUT2D eigenvalue weighted by Crippen LogP contribution is -2.38. The number of pyridine rings is 1. The van der Waals surface area contributed by atoms with Crippen LogP contribution in [-0.4, -0.2) is 33.0 Å². The monoisotopic (exact) mass is 379 g/mol. The highest BCUT2D eigenvalue weighted by molar-refractivity contribution is 7.89. The summed E-state index contributed by atoms with van der Waals surface area (Å²) in [6, 6.07) is 8.94. The standard InChI is InChI=1S/C18H22ClN3O2S/c1-14-17(19)5-2-6-18(14)25(23,24)21-12-15-7-10-22(11-8-15)16-4-3-9-20-13-16/h2-6,9,13,15,21H,7-8,10-12H2,1H3. The average molecular weight is 380 g/mol. The lowest BCUT2D eigenvalue weighted by molar-refractivity contribution is 0.402. The molecule has 0 unspecified atom stereocenters. The summed E-state index contributed by atoms with van der Waals surface area (Å²) in [6.07, 6.45) is 5.53. The van der Waals surface area contributed by atoms with Crippen LogP contribution < -0.4 is 9.62 Å². The second-order valence-corrected chi connectivity index (χ2v) is 8.50. The third kappa shape index (κ3) is 4.32. The van der Waals surface area contributed by atoms with Crippen molar-refractivity contribution in [3.63, 3.8) is 0 Å². The van der Waals surface area contributed by atoms with Crippen LogP contribution in [0.25, 0.3) is 0 Å². The molecule has 134 valence electrons.